The Bertz CT molecular complexity index is 820. The summed E-state index contributed by atoms with van der Waals surface area (Å²) in [7, 11) is 1.10. The number of methoxy groups -OCH3 is 1. The van der Waals surface area contributed by atoms with Gasteiger partial charge in [0, 0.05) is 13.2 Å². The molecule has 0 amide bonds. The van der Waals surface area contributed by atoms with Crippen LogP contribution in [-0.4, -0.2) is 41.1 Å². The van der Waals surface area contributed by atoms with Crippen molar-refractivity contribution in [3.63, 3.8) is 0 Å². The van der Waals surface area contributed by atoms with Crippen molar-refractivity contribution in [2.45, 2.75) is 84.2 Å². The molecule has 2 aromatic rings. The maximum absolute atomic E-state index is 15.2. The number of fused-ring (bicyclic) bond motifs is 1. The molecule has 0 saturated carbocycles. The molecular formula is C21H32BFN2O3. The van der Waals surface area contributed by atoms with Crippen LogP contribution in [0.25, 0.3) is 11.0 Å². The SMILES string of the molecule is CCCC(CC(C)OC)n1cnc2cc(B3OC(C)(C)C(C)(C)O3)cc(F)c21. The van der Waals surface area contributed by atoms with Gasteiger partial charge in [-0.05, 0) is 65.1 Å². The quantitative estimate of drug-likeness (QED) is 0.664. The average molecular weight is 390 g/mol. The van der Waals surface area contributed by atoms with Crippen LogP contribution in [0.15, 0.2) is 18.5 Å². The second kappa shape index (κ2) is 7.77. The minimum atomic E-state index is -0.603. The van der Waals surface area contributed by atoms with Crippen LogP contribution in [0, 0.1) is 5.82 Å². The molecule has 7 heteroatoms. The first-order valence-electron chi connectivity index (χ1n) is 10.1. The van der Waals surface area contributed by atoms with Crippen molar-refractivity contribution in [3.05, 3.63) is 24.3 Å². The Morgan fingerprint density at radius 2 is 1.86 bits per heavy atom. The molecule has 28 heavy (non-hydrogen) atoms. The largest absolute Gasteiger partial charge is 0.495 e. The summed E-state index contributed by atoms with van der Waals surface area (Å²) >= 11 is 0. The van der Waals surface area contributed by atoms with E-state index in [0.29, 0.717) is 16.5 Å². The molecule has 1 aromatic carbocycles. The monoisotopic (exact) mass is 390 g/mol. The van der Waals surface area contributed by atoms with E-state index in [0.717, 1.165) is 19.3 Å². The summed E-state index contributed by atoms with van der Waals surface area (Å²) in [5.41, 5.74) is 0.875. The number of aromatic nitrogens is 2. The lowest BCUT2D eigenvalue weighted by Gasteiger charge is -2.32. The average Bonchev–Trinajstić information content (AvgIpc) is 3.13. The zero-order valence-electron chi connectivity index (χ0n) is 18.1. The summed E-state index contributed by atoms with van der Waals surface area (Å²) in [6, 6.07) is 3.53. The van der Waals surface area contributed by atoms with Gasteiger partial charge < -0.3 is 18.6 Å². The molecule has 1 saturated heterocycles. The van der Waals surface area contributed by atoms with E-state index in [1.54, 1.807) is 13.4 Å². The fourth-order valence-electron chi connectivity index (χ4n) is 3.72. The molecule has 1 fully saturated rings. The van der Waals surface area contributed by atoms with Gasteiger partial charge >= 0.3 is 7.12 Å². The number of ether oxygens (including phenoxy) is 1. The lowest BCUT2D eigenvalue weighted by Crippen LogP contribution is -2.41. The first-order chi connectivity index (χ1) is 13.1. The summed E-state index contributed by atoms with van der Waals surface area (Å²) in [6.07, 6.45) is 4.60. The number of benzene rings is 1. The van der Waals surface area contributed by atoms with Crippen LogP contribution in [0.3, 0.4) is 0 Å². The molecule has 154 valence electrons. The third-order valence-electron chi connectivity index (χ3n) is 6.19. The normalized spacial score (nSPS) is 20.6. The maximum Gasteiger partial charge on any atom is 0.495 e. The Morgan fingerprint density at radius 1 is 1.21 bits per heavy atom. The molecule has 0 radical (unpaired) electrons. The second-order valence-electron chi connectivity index (χ2n) is 8.84. The molecule has 1 aliphatic rings. The molecule has 2 heterocycles. The molecule has 0 bridgehead atoms. The highest BCUT2D eigenvalue weighted by atomic mass is 19.1. The summed E-state index contributed by atoms with van der Waals surface area (Å²) in [4.78, 5) is 4.49. The second-order valence-corrected chi connectivity index (χ2v) is 8.84. The van der Waals surface area contributed by atoms with E-state index in [4.69, 9.17) is 14.0 Å². The molecular weight excluding hydrogens is 358 g/mol. The van der Waals surface area contributed by atoms with E-state index in [1.165, 1.54) is 6.07 Å². The Balaban J connectivity index is 1.96. The van der Waals surface area contributed by atoms with Gasteiger partial charge in [0.15, 0.2) is 0 Å². The van der Waals surface area contributed by atoms with Crippen LogP contribution >= 0.6 is 0 Å². The van der Waals surface area contributed by atoms with Gasteiger partial charge in [0.1, 0.15) is 11.3 Å². The van der Waals surface area contributed by atoms with Gasteiger partial charge in [0.2, 0.25) is 0 Å². The topological polar surface area (TPSA) is 45.5 Å². The summed E-state index contributed by atoms with van der Waals surface area (Å²) < 4.78 is 34.7. The van der Waals surface area contributed by atoms with Crippen LogP contribution in [0.5, 0.6) is 0 Å². The predicted molar refractivity (Wildman–Crippen MR) is 110 cm³/mol. The third kappa shape index (κ3) is 3.84. The molecule has 1 aromatic heterocycles. The van der Waals surface area contributed by atoms with E-state index in [9.17, 15) is 0 Å². The van der Waals surface area contributed by atoms with Crippen molar-refractivity contribution in [1.29, 1.82) is 0 Å². The minimum absolute atomic E-state index is 0.0982. The van der Waals surface area contributed by atoms with E-state index in [-0.39, 0.29) is 18.0 Å². The highest BCUT2D eigenvalue weighted by Crippen LogP contribution is 2.37. The van der Waals surface area contributed by atoms with Crippen LogP contribution in [-0.2, 0) is 14.0 Å². The van der Waals surface area contributed by atoms with Crippen LogP contribution in [0.4, 0.5) is 4.39 Å². The molecule has 0 N–H and O–H groups in total. The number of imidazole rings is 1. The fourth-order valence-corrected chi connectivity index (χ4v) is 3.72. The number of hydrogen-bond donors (Lipinski definition) is 0. The van der Waals surface area contributed by atoms with Gasteiger partial charge in [-0.2, -0.15) is 0 Å². The molecule has 0 aliphatic carbocycles. The molecule has 5 nitrogen and oxygen atoms in total. The molecule has 3 rings (SSSR count). The smallest absolute Gasteiger partial charge is 0.399 e. The maximum atomic E-state index is 15.2. The first-order valence-corrected chi connectivity index (χ1v) is 10.1. The van der Waals surface area contributed by atoms with Gasteiger partial charge in [-0.15, -0.1) is 0 Å². The van der Waals surface area contributed by atoms with Crippen LogP contribution in [0.2, 0.25) is 0 Å². The van der Waals surface area contributed by atoms with Crippen LogP contribution in [0.1, 0.15) is 66.8 Å². The van der Waals surface area contributed by atoms with E-state index >= 15 is 4.39 Å². The highest BCUT2D eigenvalue weighted by molar-refractivity contribution is 6.62. The Hall–Kier alpha value is -1.44. The molecule has 1 aliphatic heterocycles. The van der Waals surface area contributed by atoms with Crippen molar-refractivity contribution >= 4 is 23.6 Å². The van der Waals surface area contributed by atoms with Gasteiger partial charge in [-0.3, -0.25) is 0 Å². The lowest BCUT2D eigenvalue weighted by molar-refractivity contribution is 0.00578. The fraction of sp³-hybridized carbons (Fsp3) is 0.667. The van der Waals surface area contributed by atoms with Gasteiger partial charge in [0.05, 0.1) is 29.2 Å². The van der Waals surface area contributed by atoms with E-state index in [2.05, 4.69) is 11.9 Å². The highest BCUT2D eigenvalue weighted by Gasteiger charge is 2.51. The summed E-state index contributed by atoms with van der Waals surface area (Å²) in [6.45, 7) is 12.1. The Morgan fingerprint density at radius 3 is 2.43 bits per heavy atom. The number of rotatable bonds is 7. The Labute approximate surface area is 167 Å². The Kier molecular flexibility index (Phi) is 5.90. The van der Waals surface area contributed by atoms with Crippen molar-refractivity contribution < 1.29 is 18.4 Å². The van der Waals surface area contributed by atoms with Crippen molar-refractivity contribution in [2.24, 2.45) is 0 Å². The zero-order chi connectivity index (χ0) is 20.7. The van der Waals surface area contributed by atoms with Crippen molar-refractivity contribution in [3.8, 4) is 0 Å². The lowest BCUT2D eigenvalue weighted by atomic mass is 9.79. The van der Waals surface area contributed by atoms with Crippen molar-refractivity contribution in [2.75, 3.05) is 7.11 Å². The standard InChI is InChI=1S/C21H32BFN2O3/c1-8-9-16(10-14(2)26-7)25-13-24-18-12-15(11-17(23)19(18)25)22-27-20(3,4)21(5,6)28-22/h11-14,16H,8-10H2,1-7H3. The third-order valence-corrected chi connectivity index (χ3v) is 6.19. The van der Waals surface area contributed by atoms with Gasteiger partial charge in [-0.25, -0.2) is 9.37 Å². The van der Waals surface area contributed by atoms with Crippen LogP contribution < -0.4 is 5.46 Å². The van der Waals surface area contributed by atoms with Gasteiger partial charge in [0.25, 0.3) is 0 Å². The zero-order valence-corrected chi connectivity index (χ0v) is 18.1. The summed E-state index contributed by atoms with van der Waals surface area (Å²) in [5, 5.41) is 0. The number of halogens is 1. The van der Waals surface area contributed by atoms with E-state index in [1.807, 2.05) is 45.3 Å². The molecule has 2 unspecified atom stereocenters. The predicted octanol–water partition coefficient (Wildman–Crippen LogP) is 4.24. The van der Waals surface area contributed by atoms with Gasteiger partial charge in [-0.1, -0.05) is 13.3 Å². The molecule has 0 spiro atoms. The van der Waals surface area contributed by atoms with Crippen molar-refractivity contribution in [1.82, 2.24) is 9.55 Å². The summed E-state index contributed by atoms with van der Waals surface area (Å²) in [5.74, 6) is -0.300. The minimum Gasteiger partial charge on any atom is -0.399 e. The molecule has 2 atom stereocenters. The van der Waals surface area contributed by atoms with E-state index < -0.39 is 18.3 Å². The first kappa shape index (κ1) is 21.3. The number of nitrogens with zero attached hydrogens (tertiary/aromatic N) is 2. The number of hydrogen-bond acceptors (Lipinski definition) is 4.